The van der Waals surface area contributed by atoms with Gasteiger partial charge in [-0.25, -0.2) is 4.98 Å². The molecule has 0 atom stereocenters. The van der Waals surface area contributed by atoms with Crippen LogP contribution < -0.4 is 9.64 Å². The summed E-state index contributed by atoms with van der Waals surface area (Å²) in [5, 5.41) is 8.95. The van der Waals surface area contributed by atoms with Crippen molar-refractivity contribution in [1.82, 2.24) is 9.97 Å². The van der Waals surface area contributed by atoms with E-state index in [0.717, 1.165) is 0 Å². The Morgan fingerprint density at radius 3 is 2.58 bits per heavy atom. The first-order valence-corrected chi connectivity index (χ1v) is 7.07. The molecule has 0 spiro atoms. The minimum Gasteiger partial charge on any atom is -0.461 e. The largest absolute Gasteiger partial charge is 0.461 e. The van der Waals surface area contributed by atoms with Crippen molar-refractivity contribution in [1.29, 1.82) is 5.26 Å². The lowest BCUT2D eigenvalue weighted by atomic mass is 10.2. The third-order valence-corrected chi connectivity index (χ3v) is 3.07. The number of anilines is 2. The number of benzene rings is 1. The molecule has 0 aliphatic heterocycles. The summed E-state index contributed by atoms with van der Waals surface area (Å²) in [5.74, 6) is -0.344. The first-order valence-electron chi connectivity index (χ1n) is 7.07. The summed E-state index contributed by atoms with van der Waals surface area (Å²) in [4.78, 5) is 8.77. The van der Waals surface area contributed by atoms with Crippen LogP contribution >= 0.6 is 0 Å². The maximum atomic E-state index is 13.3. The summed E-state index contributed by atoms with van der Waals surface area (Å²) in [6, 6.07) is 8.03. The lowest BCUT2D eigenvalue weighted by molar-refractivity contribution is -0.137. The fraction of sp³-hybridized carbons (Fsp3) is 0.312. The van der Waals surface area contributed by atoms with E-state index in [9.17, 15) is 13.2 Å². The molecule has 0 saturated carbocycles. The van der Waals surface area contributed by atoms with Gasteiger partial charge in [0.2, 0.25) is 0 Å². The van der Waals surface area contributed by atoms with Crippen LogP contribution in [0.2, 0.25) is 0 Å². The highest BCUT2D eigenvalue weighted by atomic mass is 19.4. The van der Waals surface area contributed by atoms with Crippen LogP contribution in [0.1, 0.15) is 25.0 Å². The van der Waals surface area contributed by atoms with Gasteiger partial charge in [0.05, 0.1) is 17.7 Å². The van der Waals surface area contributed by atoms with E-state index in [4.69, 9.17) is 10.00 Å². The molecule has 0 aliphatic carbocycles. The Hall–Kier alpha value is -2.82. The highest BCUT2D eigenvalue weighted by Crippen LogP contribution is 2.37. The summed E-state index contributed by atoms with van der Waals surface area (Å²) in [6.45, 7) is 3.45. The molecule has 0 saturated heterocycles. The number of nitriles is 1. The van der Waals surface area contributed by atoms with E-state index in [0.29, 0.717) is 17.4 Å². The second kappa shape index (κ2) is 6.74. The first-order chi connectivity index (χ1) is 11.2. The third kappa shape index (κ3) is 3.93. The van der Waals surface area contributed by atoms with Gasteiger partial charge in [-0.05, 0) is 32.0 Å². The molecule has 5 nitrogen and oxygen atoms in total. The van der Waals surface area contributed by atoms with Gasteiger partial charge in [0.1, 0.15) is 5.56 Å². The predicted octanol–water partition coefficient (Wildman–Crippen LogP) is 3.92. The van der Waals surface area contributed by atoms with Crippen LogP contribution in [0, 0.1) is 11.3 Å². The molecular formula is C16H15F3N4O. The van der Waals surface area contributed by atoms with Gasteiger partial charge in [-0.2, -0.15) is 23.4 Å². The molecule has 0 fully saturated rings. The summed E-state index contributed by atoms with van der Waals surface area (Å²) >= 11 is 0. The van der Waals surface area contributed by atoms with Crippen LogP contribution in [-0.4, -0.2) is 23.1 Å². The quantitative estimate of drug-likeness (QED) is 0.847. The molecule has 0 radical (unpaired) electrons. The smallest absolute Gasteiger partial charge is 0.421 e. The lowest BCUT2D eigenvalue weighted by Crippen LogP contribution is -2.20. The summed E-state index contributed by atoms with van der Waals surface area (Å²) in [5.41, 5.74) is -0.252. The zero-order chi connectivity index (χ0) is 17.9. The monoisotopic (exact) mass is 336 g/mol. The minimum absolute atomic E-state index is 0.142. The number of aromatic nitrogens is 2. The van der Waals surface area contributed by atoms with E-state index >= 15 is 0 Å². The second-order valence-corrected chi connectivity index (χ2v) is 5.28. The van der Waals surface area contributed by atoms with Crippen LogP contribution in [0.4, 0.5) is 24.7 Å². The number of alkyl halides is 3. The second-order valence-electron chi connectivity index (χ2n) is 5.28. The molecule has 1 aromatic heterocycles. The third-order valence-electron chi connectivity index (χ3n) is 3.07. The SMILES string of the molecule is CC(C)Oc1ncc(C(F)(F)F)c(N(C)c2cccc(C#N)c2)n1. The van der Waals surface area contributed by atoms with Crippen LogP contribution in [0.3, 0.4) is 0 Å². The zero-order valence-corrected chi connectivity index (χ0v) is 13.3. The van der Waals surface area contributed by atoms with Gasteiger partial charge in [-0.15, -0.1) is 0 Å². The minimum atomic E-state index is -4.62. The Kier molecular flexibility index (Phi) is 4.93. The average molecular weight is 336 g/mol. The fourth-order valence-corrected chi connectivity index (χ4v) is 1.99. The van der Waals surface area contributed by atoms with Gasteiger partial charge >= 0.3 is 12.2 Å². The number of rotatable bonds is 4. The molecule has 2 aromatic rings. The van der Waals surface area contributed by atoms with Crippen molar-refractivity contribution in [3.8, 4) is 12.1 Å². The average Bonchev–Trinajstić information content (AvgIpc) is 2.52. The van der Waals surface area contributed by atoms with Gasteiger partial charge < -0.3 is 9.64 Å². The standard InChI is InChI=1S/C16H15F3N4O/c1-10(2)24-15-21-9-13(16(17,18)19)14(22-15)23(3)12-6-4-5-11(7-12)8-20/h4-7,9-10H,1-3H3. The molecule has 0 aliphatic rings. The molecule has 2 rings (SSSR count). The van der Waals surface area contributed by atoms with E-state index in [-0.39, 0.29) is 17.9 Å². The molecule has 1 aromatic carbocycles. The first kappa shape index (κ1) is 17.5. The van der Waals surface area contributed by atoms with Crippen molar-refractivity contribution >= 4 is 11.5 Å². The summed E-state index contributed by atoms with van der Waals surface area (Å²) in [7, 11) is 1.44. The van der Waals surface area contributed by atoms with Crippen molar-refractivity contribution in [2.45, 2.75) is 26.1 Å². The van der Waals surface area contributed by atoms with Gasteiger partial charge in [-0.1, -0.05) is 6.07 Å². The highest BCUT2D eigenvalue weighted by Gasteiger charge is 2.36. The van der Waals surface area contributed by atoms with E-state index < -0.39 is 11.7 Å². The summed E-state index contributed by atoms with van der Waals surface area (Å²) < 4.78 is 45.1. The van der Waals surface area contributed by atoms with Crippen LogP contribution in [0.15, 0.2) is 30.5 Å². The molecule has 0 N–H and O–H groups in total. The van der Waals surface area contributed by atoms with Crippen LogP contribution in [0.25, 0.3) is 0 Å². The molecule has 8 heteroatoms. The molecule has 126 valence electrons. The van der Waals surface area contributed by atoms with Gasteiger partial charge in [0.25, 0.3) is 0 Å². The Bertz CT molecular complexity index is 769. The van der Waals surface area contributed by atoms with Crippen molar-refractivity contribution in [3.05, 3.63) is 41.6 Å². The fourth-order valence-electron chi connectivity index (χ4n) is 1.99. The number of nitrogens with zero attached hydrogens (tertiary/aromatic N) is 4. The van der Waals surface area contributed by atoms with Crippen molar-refractivity contribution in [2.75, 3.05) is 11.9 Å². The number of hydrogen-bond donors (Lipinski definition) is 0. The maximum Gasteiger partial charge on any atom is 0.421 e. The molecule has 1 heterocycles. The Labute approximate surface area is 137 Å². The van der Waals surface area contributed by atoms with Crippen molar-refractivity contribution in [3.63, 3.8) is 0 Å². The molecule has 0 bridgehead atoms. The lowest BCUT2D eigenvalue weighted by Gasteiger charge is -2.23. The highest BCUT2D eigenvalue weighted by molar-refractivity contribution is 5.64. The Morgan fingerprint density at radius 1 is 1.29 bits per heavy atom. The van der Waals surface area contributed by atoms with Gasteiger partial charge in [0, 0.05) is 18.9 Å². The van der Waals surface area contributed by atoms with Gasteiger partial charge in [-0.3, -0.25) is 0 Å². The van der Waals surface area contributed by atoms with Crippen LogP contribution in [0.5, 0.6) is 6.01 Å². The molecule has 24 heavy (non-hydrogen) atoms. The van der Waals surface area contributed by atoms with Crippen LogP contribution in [-0.2, 0) is 6.18 Å². The number of ether oxygens (including phenoxy) is 1. The predicted molar refractivity (Wildman–Crippen MR) is 82.0 cm³/mol. The van der Waals surface area contributed by atoms with Crippen molar-refractivity contribution < 1.29 is 17.9 Å². The normalized spacial score (nSPS) is 11.2. The van der Waals surface area contributed by atoms with E-state index in [1.165, 1.54) is 18.0 Å². The molecule has 0 unspecified atom stereocenters. The Balaban J connectivity index is 2.53. The van der Waals surface area contributed by atoms with Crippen molar-refractivity contribution in [2.24, 2.45) is 0 Å². The topological polar surface area (TPSA) is 62.0 Å². The summed E-state index contributed by atoms with van der Waals surface area (Å²) in [6.07, 6.45) is -4.20. The number of hydrogen-bond acceptors (Lipinski definition) is 5. The van der Waals surface area contributed by atoms with Gasteiger partial charge in [0.15, 0.2) is 5.82 Å². The maximum absolute atomic E-state index is 13.3. The Morgan fingerprint density at radius 2 is 2.00 bits per heavy atom. The number of halogens is 3. The van der Waals surface area contributed by atoms with E-state index in [1.807, 2.05) is 6.07 Å². The molecule has 0 amide bonds. The van der Waals surface area contributed by atoms with E-state index in [1.54, 1.807) is 32.0 Å². The van der Waals surface area contributed by atoms with E-state index in [2.05, 4.69) is 9.97 Å². The zero-order valence-electron chi connectivity index (χ0n) is 13.3. The molecular weight excluding hydrogens is 321 g/mol.